The number of halogens is 1. The predicted octanol–water partition coefficient (Wildman–Crippen LogP) is 3.32. The number of hydrogen-bond donors (Lipinski definition) is 1. The van der Waals surface area contributed by atoms with Crippen molar-refractivity contribution in [3.05, 3.63) is 46.3 Å². The van der Waals surface area contributed by atoms with E-state index >= 15 is 0 Å². The first kappa shape index (κ1) is 13.9. The summed E-state index contributed by atoms with van der Waals surface area (Å²) in [5.74, 6) is 1.55. The van der Waals surface area contributed by atoms with Gasteiger partial charge in [0.2, 0.25) is 0 Å². The fourth-order valence-corrected chi connectivity index (χ4v) is 1.97. The van der Waals surface area contributed by atoms with Crippen molar-refractivity contribution in [2.24, 2.45) is 0 Å². The highest BCUT2D eigenvalue weighted by atomic mass is 35.5. The number of nitrogens with zero attached hydrogens (tertiary/aromatic N) is 1. The van der Waals surface area contributed by atoms with E-state index in [1.165, 1.54) is 0 Å². The van der Waals surface area contributed by atoms with Gasteiger partial charge in [0.05, 0.1) is 0 Å². The highest BCUT2D eigenvalue weighted by Gasteiger charge is 2.09. The summed E-state index contributed by atoms with van der Waals surface area (Å²) < 4.78 is 10.8. The van der Waals surface area contributed by atoms with Gasteiger partial charge in [0, 0.05) is 23.2 Å². The summed E-state index contributed by atoms with van der Waals surface area (Å²) in [7, 11) is 0. The van der Waals surface area contributed by atoms with Crippen LogP contribution in [0.25, 0.3) is 0 Å². The van der Waals surface area contributed by atoms with Gasteiger partial charge in [-0.2, -0.15) is 0 Å². The van der Waals surface area contributed by atoms with Crippen molar-refractivity contribution >= 4 is 11.6 Å². The van der Waals surface area contributed by atoms with Gasteiger partial charge in [-0.05, 0) is 25.6 Å². The van der Waals surface area contributed by atoms with Crippen molar-refractivity contribution in [2.45, 2.75) is 27.0 Å². The van der Waals surface area contributed by atoms with Gasteiger partial charge < -0.3 is 14.6 Å². The molecule has 0 aliphatic heterocycles. The molecule has 1 heterocycles. The van der Waals surface area contributed by atoms with Gasteiger partial charge in [-0.25, -0.2) is 0 Å². The fourth-order valence-electron chi connectivity index (χ4n) is 1.73. The van der Waals surface area contributed by atoms with Gasteiger partial charge in [0.15, 0.2) is 0 Å². The lowest BCUT2D eigenvalue weighted by Crippen LogP contribution is -2.13. The van der Waals surface area contributed by atoms with Gasteiger partial charge in [-0.1, -0.05) is 29.7 Å². The second-order valence-electron chi connectivity index (χ2n) is 4.21. The second kappa shape index (κ2) is 6.59. The van der Waals surface area contributed by atoms with Crippen LogP contribution in [0.2, 0.25) is 5.02 Å². The molecule has 1 N–H and O–H groups in total. The van der Waals surface area contributed by atoms with Gasteiger partial charge in [0.1, 0.15) is 23.8 Å². The molecule has 0 saturated heterocycles. The predicted molar refractivity (Wildman–Crippen MR) is 74.4 cm³/mol. The molecular formula is C14H17ClN2O2. The van der Waals surface area contributed by atoms with Crippen LogP contribution in [0.4, 0.5) is 0 Å². The Kier molecular flexibility index (Phi) is 4.82. The van der Waals surface area contributed by atoms with Crippen LogP contribution in [-0.4, -0.2) is 11.7 Å². The highest BCUT2D eigenvalue weighted by molar-refractivity contribution is 6.31. The van der Waals surface area contributed by atoms with E-state index in [9.17, 15) is 0 Å². The van der Waals surface area contributed by atoms with Crippen LogP contribution in [-0.2, 0) is 13.2 Å². The molecule has 0 radical (unpaired) electrons. The molecule has 0 unspecified atom stereocenters. The van der Waals surface area contributed by atoms with Crippen molar-refractivity contribution in [1.29, 1.82) is 0 Å². The quantitative estimate of drug-likeness (QED) is 0.882. The van der Waals surface area contributed by atoms with Crippen LogP contribution in [0.5, 0.6) is 5.75 Å². The molecule has 5 heteroatoms. The first-order valence-electron chi connectivity index (χ1n) is 6.23. The van der Waals surface area contributed by atoms with Crippen molar-refractivity contribution in [3.63, 3.8) is 0 Å². The molecule has 1 aromatic heterocycles. The molecule has 2 rings (SSSR count). The van der Waals surface area contributed by atoms with Crippen LogP contribution in [0.1, 0.15) is 23.9 Å². The van der Waals surface area contributed by atoms with E-state index in [1.807, 2.05) is 31.2 Å². The first-order chi connectivity index (χ1) is 9.20. The largest absolute Gasteiger partial charge is 0.487 e. The summed E-state index contributed by atoms with van der Waals surface area (Å²) in [4.78, 5) is 0. The van der Waals surface area contributed by atoms with Gasteiger partial charge in [-0.3, -0.25) is 0 Å². The van der Waals surface area contributed by atoms with Crippen molar-refractivity contribution in [1.82, 2.24) is 10.5 Å². The molecule has 1 aromatic carbocycles. The minimum atomic E-state index is 0.372. The normalized spacial score (nSPS) is 10.7. The van der Waals surface area contributed by atoms with Crippen LogP contribution in [0.15, 0.2) is 28.8 Å². The third-order valence-corrected chi connectivity index (χ3v) is 3.03. The molecule has 102 valence electrons. The summed E-state index contributed by atoms with van der Waals surface area (Å²) in [6, 6.07) is 7.50. The van der Waals surface area contributed by atoms with Gasteiger partial charge in [-0.15, -0.1) is 0 Å². The Morgan fingerprint density at radius 3 is 2.95 bits per heavy atom. The maximum Gasteiger partial charge on any atom is 0.134 e. The molecule has 0 aliphatic carbocycles. The minimum Gasteiger partial charge on any atom is -0.487 e. The molecule has 2 aromatic rings. The van der Waals surface area contributed by atoms with Crippen LogP contribution >= 0.6 is 11.6 Å². The average molecular weight is 281 g/mol. The van der Waals surface area contributed by atoms with Crippen molar-refractivity contribution < 1.29 is 9.26 Å². The molecule has 0 aliphatic rings. The third kappa shape index (κ3) is 3.72. The van der Waals surface area contributed by atoms with Crippen LogP contribution < -0.4 is 10.1 Å². The maximum atomic E-state index is 6.20. The van der Waals surface area contributed by atoms with E-state index in [0.717, 1.165) is 29.3 Å². The standard InChI is InChI=1S/C14H17ClN2O2/c1-3-16-8-12-13(15)5-4-6-14(12)18-9-11-7-10(2)19-17-11/h4-7,16H,3,8-9H2,1-2H3. The number of hydrogen-bond acceptors (Lipinski definition) is 4. The zero-order chi connectivity index (χ0) is 13.7. The van der Waals surface area contributed by atoms with Crippen molar-refractivity contribution in [3.8, 4) is 5.75 Å². The molecule has 0 atom stereocenters. The Morgan fingerprint density at radius 1 is 1.42 bits per heavy atom. The molecule has 0 amide bonds. The monoisotopic (exact) mass is 280 g/mol. The highest BCUT2D eigenvalue weighted by Crippen LogP contribution is 2.27. The number of aryl methyl sites for hydroxylation is 1. The zero-order valence-electron chi connectivity index (χ0n) is 11.1. The number of rotatable bonds is 6. The molecule has 19 heavy (non-hydrogen) atoms. The minimum absolute atomic E-state index is 0.372. The van der Waals surface area contributed by atoms with Gasteiger partial charge in [0.25, 0.3) is 0 Å². The zero-order valence-corrected chi connectivity index (χ0v) is 11.8. The average Bonchev–Trinajstić information content (AvgIpc) is 2.81. The topological polar surface area (TPSA) is 47.3 Å². The Labute approximate surface area is 117 Å². The lowest BCUT2D eigenvalue weighted by atomic mass is 10.2. The Balaban J connectivity index is 2.08. The molecule has 0 bridgehead atoms. The van der Waals surface area contributed by atoms with E-state index in [4.69, 9.17) is 20.9 Å². The third-order valence-electron chi connectivity index (χ3n) is 2.68. The van der Waals surface area contributed by atoms with E-state index in [-0.39, 0.29) is 0 Å². The Hall–Kier alpha value is -1.52. The van der Waals surface area contributed by atoms with Crippen LogP contribution in [0.3, 0.4) is 0 Å². The summed E-state index contributed by atoms with van der Waals surface area (Å²) in [5, 5.41) is 7.85. The number of aromatic nitrogens is 1. The molecule has 0 spiro atoms. The maximum absolute atomic E-state index is 6.20. The van der Waals surface area contributed by atoms with E-state index in [1.54, 1.807) is 0 Å². The first-order valence-corrected chi connectivity index (χ1v) is 6.61. The number of benzene rings is 1. The summed E-state index contributed by atoms with van der Waals surface area (Å²) in [5.41, 5.74) is 1.73. The summed E-state index contributed by atoms with van der Waals surface area (Å²) in [6.07, 6.45) is 0. The number of nitrogens with one attached hydrogen (secondary N) is 1. The Bertz CT molecular complexity index is 540. The molecule has 0 saturated carbocycles. The molecular weight excluding hydrogens is 264 g/mol. The van der Waals surface area contributed by atoms with E-state index in [2.05, 4.69) is 17.4 Å². The molecule has 4 nitrogen and oxygen atoms in total. The lowest BCUT2D eigenvalue weighted by Gasteiger charge is -2.12. The summed E-state index contributed by atoms with van der Waals surface area (Å²) >= 11 is 6.20. The van der Waals surface area contributed by atoms with E-state index in [0.29, 0.717) is 18.2 Å². The van der Waals surface area contributed by atoms with E-state index < -0.39 is 0 Å². The van der Waals surface area contributed by atoms with Crippen molar-refractivity contribution in [2.75, 3.05) is 6.54 Å². The van der Waals surface area contributed by atoms with Crippen LogP contribution in [0, 0.1) is 6.92 Å². The lowest BCUT2D eigenvalue weighted by molar-refractivity contribution is 0.284. The summed E-state index contributed by atoms with van der Waals surface area (Å²) in [6.45, 7) is 5.84. The molecule has 0 fully saturated rings. The van der Waals surface area contributed by atoms with Gasteiger partial charge >= 0.3 is 0 Å². The number of ether oxygens (including phenoxy) is 1. The second-order valence-corrected chi connectivity index (χ2v) is 4.62. The fraction of sp³-hybridized carbons (Fsp3) is 0.357. The smallest absolute Gasteiger partial charge is 0.134 e. The SMILES string of the molecule is CCNCc1c(Cl)cccc1OCc1cc(C)on1. The Morgan fingerprint density at radius 2 is 2.26 bits per heavy atom.